The number of carbonyl (C=O) groups is 2. The van der Waals surface area contributed by atoms with Gasteiger partial charge in [-0.15, -0.1) is 0 Å². The van der Waals surface area contributed by atoms with Crippen LogP contribution in [0.1, 0.15) is 16.7 Å². The number of aromatic nitrogens is 2. The second kappa shape index (κ2) is 9.20. The van der Waals surface area contributed by atoms with Crippen molar-refractivity contribution in [3.8, 4) is 0 Å². The first-order valence-electron chi connectivity index (χ1n) is 11.6. The van der Waals surface area contributed by atoms with E-state index in [4.69, 9.17) is 4.74 Å². The van der Waals surface area contributed by atoms with Gasteiger partial charge in [0.15, 0.2) is 0 Å². The molecule has 2 aromatic carbocycles. The van der Waals surface area contributed by atoms with E-state index in [-0.39, 0.29) is 28.2 Å². The lowest BCUT2D eigenvalue weighted by molar-refractivity contribution is -0.137. The van der Waals surface area contributed by atoms with Gasteiger partial charge in [0.1, 0.15) is 0 Å². The highest BCUT2D eigenvalue weighted by atomic mass is 19.4. The summed E-state index contributed by atoms with van der Waals surface area (Å²) >= 11 is 0. The molecule has 0 radical (unpaired) electrons. The van der Waals surface area contributed by atoms with Gasteiger partial charge in [-0.3, -0.25) is 14.9 Å². The molecule has 2 aromatic heterocycles. The minimum Gasteiger partial charge on any atom is -0.378 e. The lowest BCUT2D eigenvalue weighted by atomic mass is 9.95. The summed E-state index contributed by atoms with van der Waals surface area (Å²) in [5.41, 5.74) is 1.35. The number of hydrogen-bond donors (Lipinski definition) is 2. The number of alkyl halides is 3. The van der Waals surface area contributed by atoms with Crippen molar-refractivity contribution in [2.75, 3.05) is 27.7 Å². The maximum atomic E-state index is 13.7. The molecule has 1 aliphatic heterocycles. The number of nitrogens with one attached hydrogen (secondary N) is 2. The van der Waals surface area contributed by atoms with E-state index in [1.807, 2.05) is 43.3 Å². The molecule has 0 aliphatic carbocycles. The fourth-order valence-electron chi connectivity index (χ4n) is 4.90. The summed E-state index contributed by atoms with van der Waals surface area (Å²) in [6.45, 7) is 0.913. The summed E-state index contributed by atoms with van der Waals surface area (Å²) in [5, 5.41) is 3.29. The Balaban J connectivity index is 1.76. The summed E-state index contributed by atoms with van der Waals surface area (Å²) < 4.78 is 48.4. The Labute approximate surface area is 210 Å². The quantitative estimate of drug-likeness (QED) is 0.364. The highest BCUT2D eigenvalue weighted by Crippen LogP contribution is 2.40. The number of nitrogens with zero attached hydrogens (tertiary/aromatic N) is 2. The van der Waals surface area contributed by atoms with E-state index in [1.54, 1.807) is 24.1 Å². The lowest BCUT2D eigenvalue weighted by Crippen LogP contribution is -2.31. The Hall–Kier alpha value is -3.89. The van der Waals surface area contributed by atoms with Crippen LogP contribution in [-0.2, 0) is 27.0 Å². The molecule has 37 heavy (non-hydrogen) atoms. The number of halogens is 3. The van der Waals surface area contributed by atoms with Crippen molar-refractivity contribution in [1.82, 2.24) is 19.8 Å². The zero-order chi connectivity index (χ0) is 26.5. The molecule has 5 rings (SSSR count). The number of para-hydroxylation sites is 1. The van der Waals surface area contributed by atoms with Crippen LogP contribution >= 0.6 is 0 Å². The average Bonchev–Trinajstić information content (AvgIpc) is 3.50. The smallest absolute Gasteiger partial charge is 0.378 e. The van der Waals surface area contributed by atoms with Gasteiger partial charge in [0.2, 0.25) is 0 Å². The molecular formula is C27H25F3N4O3. The number of aromatic amines is 1. The Kier molecular flexibility index (Phi) is 6.17. The number of fused-ring (bicyclic) bond motifs is 2. The molecule has 2 N–H and O–H groups in total. The van der Waals surface area contributed by atoms with Gasteiger partial charge in [-0.25, -0.2) is 0 Å². The van der Waals surface area contributed by atoms with Crippen LogP contribution in [0, 0.1) is 0 Å². The van der Waals surface area contributed by atoms with Crippen LogP contribution in [0.15, 0.2) is 54.9 Å². The zero-order valence-electron chi connectivity index (χ0n) is 20.4. The summed E-state index contributed by atoms with van der Waals surface area (Å²) in [6, 6.07) is 10.7. The fraction of sp³-hybridized carbons (Fsp3) is 0.259. The van der Waals surface area contributed by atoms with E-state index in [1.165, 1.54) is 6.07 Å². The first-order valence-corrected chi connectivity index (χ1v) is 11.6. The third-order valence-corrected chi connectivity index (χ3v) is 6.57. The van der Waals surface area contributed by atoms with Crippen molar-refractivity contribution >= 4 is 44.8 Å². The Bertz CT molecular complexity index is 1560. The highest BCUT2D eigenvalue weighted by Gasteiger charge is 2.36. The van der Waals surface area contributed by atoms with Crippen molar-refractivity contribution < 1.29 is 27.5 Å². The molecule has 0 fully saturated rings. The summed E-state index contributed by atoms with van der Waals surface area (Å²) in [5.74, 6) is -1.25. The summed E-state index contributed by atoms with van der Waals surface area (Å²) in [4.78, 5) is 31.2. The molecule has 1 unspecified atom stereocenters. The van der Waals surface area contributed by atoms with Gasteiger partial charge in [0, 0.05) is 59.0 Å². The lowest BCUT2D eigenvalue weighted by Gasteiger charge is -2.20. The van der Waals surface area contributed by atoms with Crippen LogP contribution in [0.2, 0.25) is 0 Å². The normalized spacial score (nSPS) is 15.4. The average molecular weight is 511 g/mol. The Morgan fingerprint density at radius 1 is 1.00 bits per heavy atom. The van der Waals surface area contributed by atoms with E-state index in [2.05, 4.69) is 10.3 Å². The molecule has 0 saturated heterocycles. The van der Waals surface area contributed by atoms with E-state index in [0.717, 1.165) is 23.0 Å². The Morgan fingerprint density at radius 2 is 1.70 bits per heavy atom. The molecule has 3 heterocycles. The molecule has 0 saturated carbocycles. The van der Waals surface area contributed by atoms with Crippen LogP contribution in [0.25, 0.3) is 33.0 Å². The van der Waals surface area contributed by atoms with Crippen molar-refractivity contribution in [3.05, 3.63) is 71.5 Å². The molecule has 192 valence electrons. The zero-order valence-corrected chi connectivity index (χ0v) is 20.4. The molecule has 4 aromatic rings. The molecule has 1 atom stereocenters. The number of hydrogen-bond acceptors (Lipinski definition) is 4. The van der Waals surface area contributed by atoms with Gasteiger partial charge in [0.25, 0.3) is 11.8 Å². The molecule has 0 bridgehead atoms. The first kappa shape index (κ1) is 24.8. The maximum absolute atomic E-state index is 13.7. The van der Waals surface area contributed by atoms with E-state index in [9.17, 15) is 22.8 Å². The van der Waals surface area contributed by atoms with Crippen molar-refractivity contribution in [2.45, 2.75) is 18.8 Å². The second-order valence-corrected chi connectivity index (χ2v) is 9.33. The maximum Gasteiger partial charge on any atom is 0.416 e. The van der Waals surface area contributed by atoms with Gasteiger partial charge in [-0.1, -0.05) is 18.2 Å². The van der Waals surface area contributed by atoms with Crippen LogP contribution in [-0.4, -0.2) is 60.1 Å². The topological polar surface area (TPSA) is 79.4 Å². The molecule has 2 amide bonds. The first-order chi connectivity index (χ1) is 17.6. The fourth-order valence-corrected chi connectivity index (χ4v) is 4.90. The number of likely N-dealkylation sites (N-methyl/N-ethyl adjacent to an activating group) is 1. The SMILES string of the molecule is COC(CN(C)C)Cn1cc(C2=C(c3c[nH]c4ccccc34)C(=O)NC2=O)c2cc(C(F)(F)F)ccc21. The Morgan fingerprint density at radius 3 is 2.38 bits per heavy atom. The second-order valence-electron chi connectivity index (χ2n) is 9.33. The van der Waals surface area contributed by atoms with Crippen molar-refractivity contribution in [2.24, 2.45) is 0 Å². The number of ether oxygens (including phenoxy) is 1. The predicted molar refractivity (Wildman–Crippen MR) is 135 cm³/mol. The number of benzene rings is 2. The summed E-state index contributed by atoms with van der Waals surface area (Å²) in [6.07, 6.45) is -1.57. The predicted octanol–water partition coefficient (Wildman–Crippen LogP) is 4.29. The van der Waals surface area contributed by atoms with Crippen molar-refractivity contribution in [1.29, 1.82) is 0 Å². The standard InChI is InChI=1S/C27H25F3N4O3/c1-33(2)12-16(37-3)13-34-14-20(18-10-15(27(28,29)30)8-9-22(18)34)24-23(25(35)32-26(24)36)19-11-31-21-7-5-4-6-17(19)21/h4-11,14,16,31H,12-13H2,1-3H3,(H,32,35,36). The van der Waals surface area contributed by atoms with Crippen LogP contribution in [0.5, 0.6) is 0 Å². The number of methoxy groups -OCH3 is 1. The molecule has 0 spiro atoms. The molecule has 10 heteroatoms. The monoisotopic (exact) mass is 510 g/mol. The van der Waals surface area contributed by atoms with Gasteiger partial charge >= 0.3 is 6.18 Å². The van der Waals surface area contributed by atoms with Crippen LogP contribution in [0.3, 0.4) is 0 Å². The van der Waals surface area contributed by atoms with E-state index in [0.29, 0.717) is 24.2 Å². The number of rotatable bonds is 7. The summed E-state index contributed by atoms with van der Waals surface area (Å²) in [7, 11) is 5.37. The van der Waals surface area contributed by atoms with Gasteiger partial charge in [-0.2, -0.15) is 13.2 Å². The number of H-pyrrole nitrogens is 1. The van der Waals surface area contributed by atoms with Crippen LogP contribution < -0.4 is 5.32 Å². The van der Waals surface area contributed by atoms with Crippen LogP contribution in [0.4, 0.5) is 13.2 Å². The van der Waals surface area contributed by atoms with Gasteiger partial charge in [-0.05, 0) is 38.4 Å². The van der Waals surface area contributed by atoms with E-state index < -0.39 is 23.6 Å². The van der Waals surface area contributed by atoms with E-state index >= 15 is 0 Å². The van der Waals surface area contributed by atoms with Gasteiger partial charge in [0.05, 0.1) is 29.4 Å². The highest BCUT2D eigenvalue weighted by molar-refractivity contribution is 6.50. The minimum absolute atomic E-state index is 0.0411. The molecule has 1 aliphatic rings. The number of imide groups is 1. The molecular weight excluding hydrogens is 485 g/mol. The minimum atomic E-state index is -4.57. The third-order valence-electron chi connectivity index (χ3n) is 6.57. The van der Waals surface area contributed by atoms with Crippen molar-refractivity contribution in [3.63, 3.8) is 0 Å². The van der Waals surface area contributed by atoms with Gasteiger partial charge < -0.3 is 19.2 Å². The largest absolute Gasteiger partial charge is 0.416 e. The molecule has 7 nitrogen and oxygen atoms in total. The third kappa shape index (κ3) is 4.42. The number of amides is 2. The number of carbonyl (C=O) groups excluding carboxylic acids is 2.